The molecule has 0 fully saturated rings. The number of rotatable bonds is 12. The van der Waals surface area contributed by atoms with Gasteiger partial charge in [-0.3, -0.25) is 10.1 Å². The summed E-state index contributed by atoms with van der Waals surface area (Å²) < 4.78 is 10.9. The summed E-state index contributed by atoms with van der Waals surface area (Å²) in [5, 5.41) is 46.5. The number of nitro groups is 1. The SMILES string of the molecule is COc1cc(N=Nc2ccc(C)cc2[N+](=O)[O-])c(OC)cc1N=Nc1ccc(N(CCO)CCO)cc1. The van der Waals surface area contributed by atoms with E-state index in [4.69, 9.17) is 9.47 Å². The molecule has 0 aromatic heterocycles. The fraction of sp³-hybridized carbons (Fsp3) is 0.280. The van der Waals surface area contributed by atoms with Gasteiger partial charge in [-0.1, -0.05) is 6.07 Å². The molecule has 0 atom stereocenters. The predicted octanol–water partition coefficient (Wildman–Crippen LogP) is 5.54. The van der Waals surface area contributed by atoms with E-state index >= 15 is 0 Å². The van der Waals surface area contributed by atoms with Crippen LogP contribution in [-0.2, 0) is 0 Å². The molecule has 0 aliphatic rings. The Morgan fingerprint density at radius 3 is 1.86 bits per heavy atom. The molecule has 12 heteroatoms. The molecule has 0 unspecified atom stereocenters. The van der Waals surface area contributed by atoms with Crippen molar-refractivity contribution in [2.75, 3.05) is 45.4 Å². The zero-order valence-corrected chi connectivity index (χ0v) is 20.7. The summed E-state index contributed by atoms with van der Waals surface area (Å²) in [4.78, 5) is 12.7. The number of methoxy groups -OCH3 is 2. The summed E-state index contributed by atoms with van der Waals surface area (Å²) in [5.41, 5.74) is 2.79. The van der Waals surface area contributed by atoms with Gasteiger partial charge in [-0.25, -0.2) is 0 Å². The van der Waals surface area contributed by atoms with Gasteiger partial charge in [-0.15, -0.1) is 15.3 Å². The van der Waals surface area contributed by atoms with Gasteiger partial charge < -0.3 is 24.6 Å². The molecule has 37 heavy (non-hydrogen) atoms. The van der Waals surface area contributed by atoms with E-state index in [-0.39, 0.29) is 24.6 Å². The van der Waals surface area contributed by atoms with Crippen molar-refractivity contribution in [1.82, 2.24) is 0 Å². The highest BCUT2D eigenvalue weighted by Crippen LogP contribution is 2.41. The standard InChI is InChI=1S/C25H28N6O6/c1-17-4-9-20(23(14-17)31(34)35)27-29-22-16-24(36-2)21(15-25(22)37-3)28-26-18-5-7-19(8-6-18)30(10-12-32)11-13-33/h4-9,14-16,32-33H,10-13H2,1-3H3. The highest BCUT2D eigenvalue weighted by atomic mass is 16.6. The van der Waals surface area contributed by atoms with Crippen molar-refractivity contribution >= 4 is 34.1 Å². The second kappa shape index (κ2) is 13.0. The molecule has 0 saturated carbocycles. The maximum atomic E-state index is 11.4. The number of hydrogen-bond acceptors (Lipinski definition) is 11. The number of anilines is 1. The first kappa shape index (κ1) is 27.2. The number of aliphatic hydroxyl groups excluding tert-OH is 2. The fourth-order valence-corrected chi connectivity index (χ4v) is 3.45. The van der Waals surface area contributed by atoms with Gasteiger partial charge in [-0.2, -0.15) is 5.11 Å². The van der Waals surface area contributed by atoms with Crippen LogP contribution in [0.2, 0.25) is 0 Å². The van der Waals surface area contributed by atoms with Gasteiger partial charge in [0.05, 0.1) is 38.0 Å². The van der Waals surface area contributed by atoms with Gasteiger partial charge in [0, 0.05) is 37.0 Å². The smallest absolute Gasteiger partial charge is 0.296 e. The van der Waals surface area contributed by atoms with Crippen LogP contribution in [0.15, 0.2) is 75.1 Å². The third kappa shape index (κ3) is 7.06. The Bertz CT molecular complexity index is 1270. The fourth-order valence-electron chi connectivity index (χ4n) is 3.45. The number of nitro benzene ring substituents is 1. The van der Waals surface area contributed by atoms with Crippen molar-refractivity contribution in [2.45, 2.75) is 6.92 Å². The molecule has 3 aromatic carbocycles. The lowest BCUT2D eigenvalue weighted by Crippen LogP contribution is -2.29. The number of aryl methyl sites for hydroxylation is 1. The van der Waals surface area contributed by atoms with Gasteiger partial charge in [-0.05, 0) is 42.8 Å². The molecule has 0 aliphatic carbocycles. The van der Waals surface area contributed by atoms with Crippen LogP contribution in [0.4, 0.5) is 34.1 Å². The van der Waals surface area contributed by atoms with Crippen molar-refractivity contribution in [2.24, 2.45) is 20.5 Å². The highest BCUT2D eigenvalue weighted by molar-refractivity contribution is 5.67. The molecule has 2 N–H and O–H groups in total. The van der Waals surface area contributed by atoms with E-state index in [9.17, 15) is 20.3 Å². The van der Waals surface area contributed by atoms with Crippen molar-refractivity contribution in [3.8, 4) is 11.5 Å². The van der Waals surface area contributed by atoms with Gasteiger partial charge in [0.2, 0.25) is 0 Å². The molecule has 12 nitrogen and oxygen atoms in total. The molecule has 0 radical (unpaired) electrons. The first-order valence-corrected chi connectivity index (χ1v) is 11.3. The van der Waals surface area contributed by atoms with E-state index in [1.165, 1.54) is 26.4 Å². The summed E-state index contributed by atoms with van der Waals surface area (Å²) in [6.07, 6.45) is 0. The zero-order valence-electron chi connectivity index (χ0n) is 20.7. The first-order valence-electron chi connectivity index (χ1n) is 11.3. The van der Waals surface area contributed by atoms with Crippen LogP contribution in [-0.4, -0.2) is 55.7 Å². The molecule has 0 amide bonds. The molecule has 0 aliphatic heterocycles. The largest absolute Gasteiger partial charge is 0.494 e. The Morgan fingerprint density at radius 2 is 1.35 bits per heavy atom. The second-order valence-corrected chi connectivity index (χ2v) is 7.80. The van der Waals surface area contributed by atoms with E-state index in [0.717, 1.165) is 11.3 Å². The molecule has 3 rings (SSSR count). The molecule has 0 heterocycles. The van der Waals surface area contributed by atoms with Gasteiger partial charge >= 0.3 is 0 Å². The summed E-state index contributed by atoms with van der Waals surface area (Å²) in [6, 6.07) is 15.0. The summed E-state index contributed by atoms with van der Waals surface area (Å²) in [7, 11) is 2.93. The summed E-state index contributed by atoms with van der Waals surface area (Å²) in [5.74, 6) is 0.679. The number of azo groups is 2. The molecule has 194 valence electrons. The van der Waals surface area contributed by atoms with Crippen LogP contribution in [0.3, 0.4) is 0 Å². The highest BCUT2D eigenvalue weighted by Gasteiger charge is 2.15. The minimum absolute atomic E-state index is 0.0272. The number of ether oxygens (including phenoxy) is 2. The topological polar surface area (TPSA) is 155 Å². The zero-order chi connectivity index (χ0) is 26.8. The minimum atomic E-state index is -0.508. The quantitative estimate of drug-likeness (QED) is 0.185. The van der Waals surface area contributed by atoms with Crippen molar-refractivity contribution < 1.29 is 24.6 Å². The third-order valence-electron chi connectivity index (χ3n) is 5.30. The third-order valence-corrected chi connectivity index (χ3v) is 5.30. The lowest BCUT2D eigenvalue weighted by Gasteiger charge is -2.22. The summed E-state index contributed by atoms with van der Waals surface area (Å²) >= 11 is 0. The molecule has 0 spiro atoms. The van der Waals surface area contributed by atoms with Crippen molar-refractivity contribution in [3.63, 3.8) is 0 Å². The Hall–Kier alpha value is -4.42. The van der Waals surface area contributed by atoms with Crippen LogP contribution in [0.25, 0.3) is 0 Å². The number of nitrogens with zero attached hydrogens (tertiary/aromatic N) is 6. The number of hydrogen-bond donors (Lipinski definition) is 2. The van der Waals surface area contributed by atoms with Crippen LogP contribution in [0.5, 0.6) is 11.5 Å². The molecule has 0 saturated heterocycles. The lowest BCUT2D eigenvalue weighted by molar-refractivity contribution is -0.384. The molecular weight excluding hydrogens is 480 g/mol. The Kier molecular flexibility index (Phi) is 9.58. The molecule has 3 aromatic rings. The Morgan fingerprint density at radius 1 is 0.811 bits per heavy atom. The van der Waals surface area contributed by atoms with Crippen LogP contribution in [0.1, 0.15) is 5.56 Å². The molecule has 0 bridgehead atoms. The van der Waals surface area contributed by atoms with E-state index in [0.29, 0.717) is 41.7 Å². The van der Waals surface area contributed by atoms with Gasteiger partial charge in [0.1, 0.15) is 22.9 Å². The van der Waals surface area contributed by atoms with Crippen LogP contribution >= 0.6 is 0 Å². The molecular formula is C25H28N6O6. The minimum Gasteiger partial charge on any atom is -0.494 e. The predicted molar refractivity (Wildman–Crippen MR) is 139 cm³/mol. The lowest BCUT2D eigenvalue weighted by atomic mass is 10.2. The second-order valence-electron chi connectivity index (χ2n) is 7.80. The van der Waals surface area contributed by atoms with E-state index in [2.05, 4.69) is 20.5 Å². The van der Waals surface area contributed by atoms with Gasteiger partial charge in [0.25, 0.3) is 5.69 Å². The monoisotopic (exact) mass is 508 g/mol. The van der Waals surface area contributed by atoms with E-state index < -0.39 is 4.92 Å². The van der Waals surface area contributed by atoms with Crippen LogP contribution in [0, 0.1) is 17.0 Å². The average molecular weight is 509 g/mol. The summed E-state index contributed by atoms with van der Waals surface area (Å²) in [6.45, 7) is 2.51. The maximum Gasteiger partial charge on any atom is 0.296 e. The van der Waals surface area contributed by atoms with Crippen molar-refractivity contribution in [1.29, 1.82) is 0 Å². The Balaban J connectivity index is 1.87. The first-order chi connectivity index (χ1) is 17.9. The average Bonchev–Trinajstić information content (AvgIpc) is 2.91. The maximum absolute atomic E-state index is 11.4. The van der Waals surface area contributed by atoms with Crippen LogP contribution < -0.4 is 14.4 Å². The van der Waals surface area contributed by atoms with Crippen molar-refractivity contribution in [3.05, 3.63) is 70.3 Å². The normalized spacial score (nSPS) is 11.3. The van der Waals surface area contributed by atoms with E-state index in [1.807, 2.05) is 17.0 Å². The number of benzene rings is 3. The van der Waals surface area contributed by atoms with E-state index in [1.54, 1.807) is 37.3 Å². The Labute approximate surface area is 213 Å². The van der Waals surface area contributed by atoms with Gasteiger partial charge in [0.15, 0.2) is 5.69 Å². The number of aliphatic hydroxyl groups is 2.